The molecule has 0 heterocycles. The largest absolute Gasteiger partial charge is 0.465 e. The molecule has 0 aliphatic heterocycles. The van der Waals surface area contributed by atoms with Crippen LogP contribution in [0.1, 0.15) is 20.8 Å². The molecule has 0 aliphatic carbocycles. The van der Waals surface area contributed by atoms with Gasteiger partial charge in [0.05, 0.1) is 19.3 Å². The summed E-state index contributed by atoms with van der Waals surface area (Å²) in [4.78, 5) is 10.9. The molecule has 0 rings (SSSR count). The molecule has 1 N–H and O–H groups in total. The number of nitrogens with one attached hydrogen (secondary N) is 1. The van der Waals surface area contributed by atoms with Gasteiger partial charge in [-0.2, -0.15) is 0 Å². The molecule has 0 aromatic heterocycles. The van der Waals surface area contributed by atoms with Crippen LogP contribution in [-0.4, -0.2) is 38.4 Å². The van der Waals surface area contributed by atoms with Gasteiger partial charge in [-0.15, -0.1) is 0 Å². The predicted octanol–water partition coefficient (Wildman–Crippen LogP) is 0.564. The van der Waals surface area contributed by atoms with Crippen LogP contribution in [0.3, 0.4) is 0 Å². The first-order valence-electron chi connectivity index (χ1n) is 4.68. The Balaban J connectivity index is 3.28. The zero-order chi connectivity index (χ0) is 10.1. The summed E-state index contributed by atoms with van der Waals surface area (Å²) in [5.41, 5.74) is 0. The fourth-order valence-corrected chi connectivity index (χ4v) is 0.933. The first-order valence-corrected chi connectivity index (χ1v) is 4.68. The lowest BCUT2D eigenvalue weighted by Crippen LogP contribution is -2.32. The second-order valence-electron chi connectivity index (χ2n) is 2.70. The summed E-state index contributed by atoms with van der Waals surface area (Å²) in [7, 11) is 0. The highest BCUT2D eigenvalue weighted by atomic mass is 16.5. The fourth-order valence-electron chi connectivity index (χ4n) is 0.933. The summed E-state index contributed by atoms with van der Waals surface area (Å²) in [6.07, 6.45) is 0.138. The number of hydrogen-bond acceptors (Lipinski definition) is 4. The van der Waals surface area contributed by atoms with Crippen LogP contribution in [0.5, 0.6) is 0 Å². The van der Waals surface area contributed by atoms with Crippen molar-refractivity contribution in [3.05, 3.63) is 0 Å². The van der Waals surface area contributed by atoms with E-state index in [1.165, 1.54) is 0 Å². The molecule has 0 saturated carbocycles. The van der Waals surface area contributed by atoms with Crippen LogP contribution in [0.4, 0.5) is 0 Å². The van der Waals surface area contributed by atoms with Gasteiger partial charge in [-0.25, -0.2) is 0 Å². The Morgan fingerprint density at radius 1 is 1.38 bits per heavy atom. The van der Waals surface area contributed by atoms with Crippen LogP contribution in [0.25, 0.3) is 0 Å². The van der Waals surface area contributed by atoms with Gasteiger partial charge >= 0.3 is 5.97 Å². The number of ether oxygens (including phenoxy) is 2. The Hall–Kier alpha value is -0.610. The number of hydrogen-bond donors (Lipinski definition) is 1. The monoisotopic (exact) mass is 189 g/mol. The lowest BCUT2D eigenvalue weighted by atomic mass is 10.4. The van der Waals surface area contributed by atoms with Crippen molar-refractivity contribution >= 4 is 5.97 Å². The molecule has 13 heavy (non-hydrogen) atoms. The quantitative estimate of drug-likeness (QED) is 0.595. The molecule has 0 radical (unpaired) electrons. The first-order chi connectivity index (χ1) is 6.20. The fraction of sp³-hybridized carbons (Fsp3) is 0.889. The van der Waals surface area contributed by atoms with E-state index in [0.717, 1.165) is 0 Å². The van der Waals surface area contributed by atoms with Gasteiger partial charge in [-0.05, 0) is 20.8 Å². The number of carbonyl (C=O) groups excluding carboxylic acids is 1. The predicted molar refractivity (Wildman–Crippen MR) is 50.6 cm³/mol. The molecule has 78 valence electrons. The van der Waals surface area contributed by atoms with Crippen molar-refractivity contribution in [2.45, 2.75) is 26.9 Å². The van der Waals surface area contributed by atoms with Crippen LogP contribution in [0.2, 0.25) is 0 Å². The van der Waals surface area contributed by atoms with E-state index in [9.17, 15) is 4.79 Å². The van der Waals surface area contributed by atoms with E-state index in [2.05, 4.69) is 5.32 Å². The SMILES string of the molecule is CCOC(=O)CNCC(C)OCC. The molecule has 1 unspecified atom stereocenters. The molecule has 0 aliphatic rings. The summed E-state index contributed by atoms with van der Waals surface area (Å²) in [6.45, 7) is 7.76. The van der Waals surface area contributed by atoms with Crippen molar-refractivity contribution in [3.63, 3.8) is 0 Å². The van der Waals surface area contributed by atoms with Crippen molar-refractivity contribution in [2.75, 3.05) is 26.3 Å². The molecule has 4 nitrogen and oxygen atoms in total. The van der Waals surface area contributed by atoms with Crippen molar-refractivity contribution < 1.29 is 14.3 Å². The van der Waals surface area contributed by atoms with Crippen molar-refractivity contribution in [1.29, 1.82) is 0 Å². The van der Waals surface area contributed by atoms with E-state index < -0.39 is 0 Å². The van der Waals surface area contributed by atoms with E-state index in [-0.39, 0.29) is 18.6 Å². The lowest BCUT2D eigenvalue weighted by molar-refractivity contribution is -0.142. The maximum absolute atomic E-state index is 10.9. The molecule has 4 heteroatoms. The van der Waals surface area contributed by atoms with Gasteiger partial charge in [0.15, 0.2) is 0 Å². The normalized spacial score (nSPS) is 12.5. The molecule has 1 atom stereocenters. The minimum atomic E-state index is -0.216. The Bertz CT molecular complexity index is 139. The summed E-state index contributed by atoms with van der Waals surface area (Å²) in [5.74, 6) is -0.216. The van der Waals surface area contributed by atoms with E-state index in [1.54, 1.807) is 6.92 Å². The summed E-state index contributed by atoms with van der Waals surface area (Å²) < 4.78 is 10.0. The molecular formula is C9H19NO3. The third-order valence-corrected chi connectivity index (χ3v) is 1.46. The molecule has 0 aromatic rings. The van der Waals surface area contributed by atoms with Crippen molar-refractivity contribution in [2.24, 2.45) is 0 Å². The highest BCUT2D eigenvalue weighted by Gasteiger charge is 2.03. The lowest BCUT2D eigenvalue weighted by Gasteiger charge is -2.11. The highest BCUT2D eigenvalue weighted by Crippen LogP contribution is 1.86. The average Bonchev–Trinajstić information content (AvgIpc) is 2.05. The van der Waals surface area contributed by atoms with Crippen molar-refractivity contribution in [1.82, 2.24) is 5.32 Å². The van der Waals surface area contributed by atoms with Gasteiger partial charge in [0.1, 0.15) is 0 Å². The summed E-state index contributed by atoms with van der Waals surface area (Å²) >= 11 is 0. The molecule has 0 saturated heterocycles. The molecular weight excluding hydrogens is 170 g/mol. The summed E-state index contributed by atoms with van der Waals surface area (Å²) in [6, 6.07) is 0. The Morgan fingerprint density at radius 2 is 2.08 bits per heavy atom. The van der Waals surface area contributed by atoms with Gasteiger partial charge in [-0.3, -0.25) is 4.79 Å². The van der Waals surface area contributed by atoms with Gasteiger partial charge < -0.3 is 14.8 Å². The third kappa shape index (κ3) is 7.74. The van der Waals surface area contributed by atoms with E-state index in [4.69, 9.17) is 9.47 Å². The molecule has 0 aromatic carbocycles. The molecule has 0 bridgehead atoms. The van der Waals surface area contributed by atoms with E-state index >= 15 is 0 Å². The number of rotatable bonds is 7. The maximum atomic E-state index is 10.9. The van der Waals surface area contributed by atoms with Gasteiger partial charge in [0, 0.05) is 13.2 Å². The summed E-state index contributed by atoms with van der Waals surface area (Å²) in [5, 5.41) is 2.96. The van der Waals surface area contributed by atoms with Crippen molar-refractivity contribution in [3.8, 4) is 0 Å². The molecule has 0 fully saturated rings. The minimum Gasteiger partial charge on any atom is -0.465 e. The van der Waals surface area contributed by atoms with Crippen LogP contribution < -0.4 is 5.32 Å². The van der Waals surface area contributed by atoms with E-state index in [1.807, 2.05) is 13.8 Å². The topological polar surface area (TPSA) is 47.6 Å². The standard InChI is InChI=1S/C9H19NO3/c1-4-12-8(3)6-10-7-9(11)13-5-2/h8,10H,4-7H2,1-3H3. The van der Waals surface area contributed by atoms with E-state index in [0.29, 0.717) is 19.8 Å². The minimum absolute atomic E-state index is 0.138. The second-order valence-corrected chi connectivity index (χ2v) is 2.70. The van der Waals surface area contributed by atoms with Crippen LogP contribution in [0.15, 0.2) is 0 Å². The number of esters is 1. The maximum Gasteiger partial charge on any atom is 0.319 e. The smallest absolute Gasteiger partial charge is 0.319 e. The van der Waals surface area contributed by atoms with Crippen LogP contribution in [-0.2, 0) is 14.3 Å². The van der Waals surface area contributed by atoms with Gasteiger partial charge in [0.25, 0.3) is 0 Å². The van der Waals surface area contributed by atoms with Gasteiger partial charge in [0.2, 0.25) is 0 Å². The average molecular weight is 189 g/mol. The Kier molecular flexibility index (Phi) is 7.63. The highest BCUT2D eigenvalue weighted by molar-refractivity contribution is 5.71. The third-order valence-electron chi connectivity index (χ3n) is 1.46. The zero-order valence-electron chi connectivity index (χ0n) is 8.63. The molecule has 0 amide bonds. The zero-order valence-corrected chi connectivity index (χ0v) is 8.63. The first kappa shape index (κ1) is 12.4. The van der Waals surface area contributed by atoms with Crippen LogP contribution in [0, 0.1) is 0 Å². The Labute approximate surface area is 79.6 Å². The van der Waals surface area contributed by atoms with Crippen LogP contribution >= 0.6 is 0 Å². The second kappa shape index (κ2) is 8.01. The molecule has 0 spiro atoms. The number of carbonyl (C=O) groups is 1. The van der Waals surface area contributed by atoms with Gasteiger partial charge in [-0.1, -0.05) is 0 Å². The Morgan fingerprint density at radius 3 is 2.62 bits per heavy atom.